The first-order valence-electron chi connectivity index (χ1n) is 12.4. The van der Waals surface area contributed by atoms with Crippen LogP contribution in [-0.4, -0.2) is 88.2 Å². The first kappa shape index (κ1) is 33.7. The number of fused-ring (bicyclic) bond motifs is 2. The lowest BCUT2D eigenvalue weighted by Crippen LogP contribution is -2.39. The van der Waals surface area contributed by atoms with E-state index in [-0.39, 0.29) is 50.2 Å². The second-order valence-corrected chi connectivity index (χ2v) is 7.99. The molecule has 0 aliphatic carbocycles. The number of aliphatic hydroxyl groups is 2. The Kier molecular flexibility index (Phi) is 16.7. The number of hydrogen-bond acceptors (Lipinski definition) is 10. The van der Waals surface area contributed by atoms with Crippen LogP contribution in [0.5, 0.6) is 34.5 Å². The van der Waals surface area contributed by atoms with Crippen LogP contribution in [0.1, 0.15) is 13.8 Å². The molecule has 0 fully saturated rings. The minimum atomic E-state index is -0.0642. The maximum absolute atomic E-state index is 8.71. The van der Waals surface area contributed by atoms with Gasteiger partial charge >= 0.3 is 0 Å². The Morgan fingerprint density at radius 3 is 1.84 bits per heavy atom. The van der Waals surface area contributed by atoms with Gasteiger partial charge < -0.3 is 49.3 Å². The van der Waals surface area contributed by atoms with Crippen LogP contribution in [-0.2, 0) is 0 Å². The van der Waals surface area contributed by atoms with Crippen molar-refractivity contribution in [3.8, 4) is 34.5 Å². The van der Waals surface area contributed by atoms with Crippen molar-refractivity contribution in [2.24, 2.45) is 0 Å². The van der Waals surface area contributed by atoms with Gasteiger partial charge in [-0.15, -0.1) is 24.8 Å². The molecule has 0 amide bonds. The molecule has 2 aliphatic heterocycles. The van der Waals surface area contributed by atoms with E-state index in [0.29, 0.717) is 75.6 Å². The van der Waals surface area contributed by atoms with Gasteiger partial charge in [0.2, 0.25) is 11.5 Å². The lowest BCUT2D eigenvalue weighted by molar-refractivity contribution is 0.0846. The van der Waals surface area contributed by atoms with Gasteiger partial charge in [0, 0.05) is 26.2 Å². The summed E-state index contributed by atoms with van der Waals surface area (Å²) in [6, 6.07) is 11.3. The topological polar surface area (TPSA) is 120 Å². The van der Waals surface area contributed by atoms with Gasteiger partial charge in [-0.3, -0.25) is 0 Å². The summed E-state index contributed by atoms with van der Waals surface area (Å²) in [5.41, 5.74) is 0. The number of benzene rings is 2. The monoisotopic (exact) mass is 578 g/mol. The second-order valence-electron chi connectivity index (χ2n) is 7.99. The average molecular weight is 580 g/mol. The molecule has 2 aromatic rings. The van der Waals surface area contributed by atoms with Gasteiger partial charge in [-0.05, 0) is 38.1 Å². The molecule has 0 bridgehead atoms. The van der Waals surface area contributed by atoms with E-state index in [4.69, 9.17) is 38.6 Å². The molecule has 216 valence electrons. The van der Waals surface area contributed by atoms with E-state index in [2.05, 4.69) is 10.6 Å². The zero-order chi connectivity index (χ0) is 25.6. The molecule has 0 aromatic heterocycles. The zero-order valence-electron chi connectivity index (χ0n) is 21.9. The Bertz CT molecular complexity index is 925. The van der Waals surface area contributed by atoms with E-state index >= 15 is 0 Å². The van der Waals surface area contributed by atoms with Gasteiger partial charge in [0.1, 0.15) is 25.4 Å². The van der Waals surface area contributed by atoms with Gasteiger partial charge in [-0.2, -0.15) is 0 Å². The molecule has 2 unspecified atom stereocenters. The zero-order valence-corrected chi connectivity index (χ0v) is 23.5. The van der Waals surface area contributed by atoms with Crippen molar-refractivity contribution in [3.05, 3.63) is 36.4 Å². The Morgan fingerprint density at radius 2 is 1.26 bits per heavy atom. The second kappa shape index (κ2) is 18.8. The average Bonchev–Trinajstić information content (AvgIpc) is 2.90. The third kappa shape index (κ3) is 10.1. The van der Waals surface area contributed by atoms with Gasteiger partial charge in [0.25, 0.3) is 0 Å². The summed E-state index contributed by atoms with van der Waals surface area (Å²) >= 11 is 0. The highest BCUT2D eigenvalue weighted by Gasteiger charge is 2.24. The van der Waals surface area contributed by atoms with Crippen LogP contribution in [0.3, 0.4) is 0 Å². The van der Waals surface area contributed by atoms with E-state index < -0.39 is 0 Å². The normalized spacial score (nSPS) is 16.6. The number of halogens is 2. The fourth-order valence-corrected chi connectivity index (χ4v) is 3.65. The third-order valence-electron chi connectivity index (χ3n) is 5.22. The SMILES string of the molecule is CCOc1cccc2c1OC(CNCCO)CO2.CCOc1cccc2c1OCC(CNCCO)O2.Cl.Cl. The molecule has 2 atom stereocenters. The van der Waals surface area contributed by atoms with Gasteiger partial charge in [0.05, 0.1) is 26.4 Å². The van der Waals surface area contributed by atoms with Crippen LogP contribution in [0.4, 0.5) is 0 Å². The largest absolute Gasteiger partial charge is 0.490 e. The fourth-order valence-electron chi connectivity index (χ4n) is 3.65. The van der Waals surface area contributed by atoms with E-state index in [9.17, 15) is 0 Å². The number of aliphatic hydroxyl groups excluding tert-OH is 2. The summed E-state index contributed by atoms with van der Waals surface area (Å²) in [5, 5.41) is 23.6. The van der Waals surface area contributed by atoms with E-state index in [1.165, 1.54) is 0 Å². The molecule has 0 spiro atoms. The molecule has 2 aromatic carbocycles. The molecule has 12 heteroatoms. The molecule has 4 rings (SSSR count). The molecular formula is C26H40Cl2N2O8. The van der Waals surface area contributed by atoms with E-state index in [1.54, 1.807) is 0 Å². The fraction of sp³-hybridized carbons (Fsp3) is 0.538. The number of hydrogen-bond donors (Lipinski definition) is 4. The summed E-state index contributed by atoms with van der Waals surface area (Å²) in [6.07, 6.45) is -0.105. The quantitative estimate of drug-likeness (QED) is 0.279. The Labute approximate surface area is 236 Å². The highest BCUT2D eigenvalue weighted by molar-refractivity contribution is 5.85. The molecule has 2 heterocycles. The predicted octanol–water partition coefficient (Wildman–Crippen LogP) is 2.46. The smallest absolute Gasteiger partial charge is 0.204 e. The molecule has 0 saturated heterocycles. The maximum Gasteiger partial charge on any atom is 0.204 e. The minimum Gasteiger partial charge on any atom is -0.490 e. The van der Waals surface area contributed by atoms with Crippen LogP contribution in [0.2, 0.25) is 0 Å². The molecular weight excluding hydrogens is 539 g/mol. The van der Waals surface area contributed by atoms with Crippen LogP contribution in [0, 0.1) is 0 Å². The van der Waals surface area contributed by atoms with E-state index in [1.807, 2.05) is 50.2 Å². The number of nitrogens with one attached hydrogen (secondary N) is 2. The number of para-hydroxylation sites is 2. The lowest BCUT2D eigenvalue weighted by atomic mass is 10.2. The van der Waals surface area contributed by atoms with Crippen molar-refractivity contribution in [1.82, 2.24) is 10.6 Å². The van der Waals surface area contributed by atoms with Crippen LogP contribution in [0.15, 0.2) is 36.4 Å². The molecule has 0 radical (unpaired) electrons. The summed E-state index contributed by atoms with van der Waals surface area (Å²) in [5.74, 6) is 4.21. The van der Waals surface area contributed by atoms with E-state index in [0.717, 1.165) is 11.5 Å². The number of rotatable bonds is 12. The standard InChI is InChI=1S/2C13H19NO4.2ClH/c1-2-16-11-4-3-5-12-13(11)17-9-10(18-12)8-14-6-7-15;1-2-16-11-4-3-5-12-13(11)18-10(9-17-12)8-14-6-7-15;;/h2*3-5,10,14-15H,2,6-9H2,1H3;2*1H. The summed E-state index contributed by atoms with van der Waals surface area (Å²) in [6.45, 7) is 8.69. The molecule has 38 heavy (non-hydrogen) atoms. The van der Waals surface area contributed by atoms with Crippen molar-refractivity contribution >= 4 is 24.8 Å². The van der Waals surface area contributed by atoms with Crippen molar-refractivity contribution in [2.45, 2.75) is 26.1 Å². The summed E-state index contributed by atoms with van der Waals surface area (Å²) in [7, 11) is 0. The molecule has 2 aliphatic rings. The Hall–Kier alpha value is -2.34. The van der Waals surface area contributed by atoms with Gasteiger partial charge in [-0.1, -0.05) is 12.1 Å². The van der Waals surface area contributed by atoms with Gasteiger partial charge in [-0.25, -0.2) is 0 Å². The summed E-state index contributed by atoms with van der Waals surface area (Å²) in [4.78, 5) is 0. The molecule has 0 saturated carbocycles. The van der Waals surface area contributed by atoms with Crippen LogP contribution >= 0.6 is 24.8 Å². The van der Waals surface area contributed by atoms with Gasteiger partial charge in [0.15, 0.2) is 23.0 Å². The van der Waals surface area contributed by atoms with Crippen LogP contribution < -0.4 is 39.1 Å². The Balaban J connectivity index is 0.000000361. The van der Waals surface area contributed by atoms with Crippen molar-refractivity contribution in [3.63, 3.8) is 0 Å². The predicted molar refractivity (Wildman–Crippen MR) is 149 cm³/mol. The lowest BCUT2D eigenvalue weighted by Gasteiger charge is -2.28. The van der Waals surface area contributed by atoms with Crippen molar-refractivity contribution in [2.75, 3.05) is 65.8 Å². The first-order valence-corrected chi connectivity index (χ1v) is 12.4. The maximum atomic E-state index is 8.71. The number of ether oxygens (including phenoxy) is 6. The highest BCUT2D eigenvalue weighted by Crippen LogP contribution is 2.41. The molecule has 4 N–H and O–H groups in total. The first-order chi connectivity index (χ1) is 17.7. The Morgan fingerprint density at radius 1 is 0.737 bits per heavy atom. The van der Waals surface area contributed by atoms with Crippen molar-refractivity contribution in [1.29, 1.82) is 0 Å². The highest BCUT2D eigenvalue weighted by atomic mass is 35.5. The molecule has 10 nitrogen and oxygen atoms in total. The summed E-state index contributed by atoms with van der Waals surface area (Å²) < 4.78 is 34.0. The minimum absolute atomic E-state index is 0. The van der Waals surface area contributed by atoms with Crippen molar-refractivity contribution < 1.29 is 38.6 Å². The third-order valence-corrected chi connectivity index (χ3v) is 5.22. The van der Waals surface area contributed by atoms with Crippen LogP contribution in [0.25, 0.3) is 0 Å².